The van der Waals surface area contributed by atoms with Gasteiger partial charge in [-0.25, -0.2) is 0 Å². The molecule has 31 heavy (non-hydrogen) atoms. The van der Waals surface area contributed by atoms with Crippen molar-refractivity contribution >= 4 is 34.8 Å². The van der Waals surface area contributed by atoms with E-state index in [-0.39, 0.29) is 11.7 Å². The Kier molecular flexibility index (Phi) is 6.34. The highest BCUT2D eigenvalue weighted by atomic mass is 32.2. The lowest BCUT2D eigenvalue weighted by atomic mass is 9.72. The summed E-state index contributed by atoms with van der Waals surface area (Å²) in [5.74, 6) is 1.97. The number of hydrogen-bond acceptors (Lipinski definition) is 7. The van der Waals surface area contributed by atoms with Crippen molar-refractivity contribution in [2.24, 2.45) is 11.3 Å². The lowest BCUT2D eigenvalue weighted by molar-refractivity contribution is -0.113. The molecule has 0 saturated carbocycles. The number of rotatable bonds is 7. The lowest BCUT2D eigenvalue weighted by Gasteiger charge is -2.33. The number of anilines is 1. The molecule has 3 aromatic heterocycles. The smallest absolute Gasteiger partial charge is 0.236 e. The zero-order chi connectivity index (χ0) is 22.0. The van der Waals surface area contributed by atoms with Gasteiger partial charge in [-0.3, -0.25) is 9.36 Å². The Morgan fingerprint density at radius 1 is 1.45 bits per heavy atom. The fourth-order valence-electron chi connectivity index (χ4n) is 3.83. The predicted molar refractivity (Wildman–Crippen MR) is 124 cm³/mol. The van der Waals surface area contributed by atoms with E-state index in [4.69, 9.17) is 4.52 Å². The van der Waals surface area contributed by atoms with Crippen LogP contribution in [0.4, 0.5) is 5.82 Å². The third-order valence-electron chi connectivity index (χ3n) is 5.59. The third kappa shape index (κ3) is 4.93. The van der Waals surface area contributed by atoms with Crippen molar-refractivity contribution in [2.75, 3.05) is 11.1 Å². The first-order valence-corrected chi connectivity index (χ1v) is 12.1. The van der Waals surface area contributed by atoms with Gasteiger partial charge in [-0.05, 0) is 42.2 Å². The van der Waals surface area contributed by atoms with Crippen molar-refractivity contribution in [3.05, 3.63) is 41.5 Å². The van der Waals surface area contributed by atoms with E-state index in [1.807, 2.05) is 22.0 Å². The first-order valence-electron chi connectivity index (χ1n) is 10.3. The van der Waals surface area contributed by atoms with Crippen LogP contribution in [0.5, 0.6) is 0 Å². The van der Waals surface area contributed by atoms with Crippen LogP contribution in [0.25, 0.3) is 10.7 Å². The molecule has 7 nitrogen and oxygen atoms in total. The summed E-state index contributed by atoms with van der Waals surface area (Å²) in [5, 5.41) is 15.9. The number of nitrogens with zero attached hydrogens (tertiary/aromatic N) is 4. The van der Waals surface area contributed by atoms with E-state index in [9.17, 15) is 4.79 Å². The SMILES string of the molecule is C=CCn1c(SCC(=O)Nc2ccon2)nnc1-c1cc2c(s1)CCC(C(C)(C)C)C2. The Labute approximate surface area is 190 Å². The zero-order valence-electron chi connectivity index (χ0n) is 18.1. The van der Waals surface area contributed by atoms with Gasteiger partial charge in [0, 0.05) is 17.5 Å². The molecule has 0 aromatic carbocycles. The molecule has 0 fully saturated rings. The summed E-state index contributed by atoms with van der Waals surface area (Å²) in [6.07, 6.45) is 6.73. The average molecular weight is 458 g/mol. The third-order valence-corrected chi connectivity index (χ3v) is 7.79. The molecule has 1 atom stereocenters. The molecule has 0 aliphatic heterocycles. The molecule has 3 heterocycles. The van der Waals surface area contributed by atoms with E-state index in [2.05, 4.69) is 54.1 Å². The van der Waals surface area contributed by atoms with Gasteiger partial charge in [0.05, 0.1) is 10.6 Å². The molecule has 0 bridgehead atoms. The van der Waals surface area contributed by atoms with Gasteiger partial charge in [0.25, 0.3) is 0 Å². The maximum absolute atomic E-state index is 12.2. The summed E-state index contributed by atoms with van der Waals surface area (Å²) in [4.78, 5) is 14.8. The molecule has 1 aliphatic carbocycles. The van der Waals surface area contributed by atoms with Crippen LogP contribution in [0.1, 0.15) is 37.6 Å². The van der Waals surface area contributed by atoms with Crippen LogP contribution in [0.3, 0.4) is 0 Å². The van der Waals surface area contributed by atoms with E-state index in [1.54, 1.807) is 6.07 Å². The zero-order valence-corrected chi connectivity index (χ0v) is 19.7. The number of nitrogens with one attached hydrogen (secondary N) is 1. The summed E-state index contributed by atoms with van der Waals surface area (Å²) >= 11 is 3.16. The highest BCUT2D eigenvalue weighted by Gasteiger charge is 2.30. The molecule has 0 spiro atoms. The molecule has 0 saturated heterocycles. The minimum absolute atomic E-state index is 0.173. The molecule has 1 amide bonds. The Morgan fingerprint density at radius 3 is 3.00 bits per heavy atom. The lowest BCUT2D eigenvalue weighted by Crippen LogP contribution is -2.26. The number of amides is 1. The van der Waals surface area contributed by atoms with Gasteiger partial charge in [0.15, 0.2) is 16.8 Å². The predicted octanol–water partition coefficient (Wildman–Crippen LogP) is 5.06. The number of carbonyl (C=O) groups excluding carboxylic acids is 1. The number of thioether (sulfide) groups is 1. The van der Waals surface area contributed by atoms with Crippen LogP contribution in [0, 0.1) is 11.3 Å². The maximum atomic E-state index is 12.2. The molecular formula is C22H27N5O2S2. The van der Waals surface area contributed by atoms with Crippen molar-refractivity contribution in [1.82, 2.24) is 19.9 Å². The second-order valence-electron chi connectivity index (χ2n) is 8.79. The number of hydrogen-bond donors (Lipinski definition) is 1. The van der Waals surface area contributed by atoms with Crippen LogP contribution in [0.2, 0.25) is 0 Å². The number of carbonyl (C=O) groups is 1. The van der Waals surface area contributed by atoms with Crippen molar-refractivity contribution in [3.8, 4) is 10.7 Å². The highest BCUT2D eigenvalue weighted by Crippen LogP contribution is 2.42. The van der Waals surface area contributed by atoms with Crippen molar-refractivity contribution in [2.45, 2.75) is 51.7 Å². The van der Waals surface area contributed by atoms with Crippen molar-refractivity contribution in [1.29, 1.82) is 0 Å². The van der Waals surface area contributed by atoms with Gasteiger partial charge in [-0.2, -0.15) is 0 Å². The molecule has 1 unspecified atom stereocenters. The minimum atomic E-state index is -0.173. The summed E-state index contributed by atoms with van der Waals surface area (Å²) in [6, 6.07) is 3.89. The molecule has 0 radical (unpaired) electrons. The highest BCUT2D eigenvalue weighted by molar-refractivity contribution is 7.99. The van der Waals surface area contributed by atoms with Crippen LogP contribution < -0.4 is 5.32 Å². The summed E-state index contributed by atoms with van der Waals surface area (Å²) in [7, 11) is 0. The number of aryl methyl sites for hydroxylation is 1. The van der Waals surface area contributed by atoms with Gasteiger partial charge in [0.1, 0.15) is 6.26 Å². The first kappa shape index (κ1) is 21.8. The Morgan fingerprint density at radius 2 is 2.29 bits per heavy atom. The molecule has 1 aliphatic rings. The summed E-state index contributed by atoms with van der Waals surface area (Å²) in [6.45, 7) is 11.5. The number of allylic oxidation sites excluding steroid dienone is 1. The maximum Gasteiger partial charge on any atom is 0.236 e. The largest absolute Gasteiger partial charge is 0.363 e. The molecule has 164 valence electrons. The van der Waals surface area contributed by atoms with E-state index in [0.29, 0.717) is 28.9 Å². The van der Waals surface area contributed by atoms with Gasteiger partial charge in [-0.15, -0.1) is 28.1 Å². The van der Waals surface area contributed by atoms with E-state index in [0.717, 1.165) is 23.5 Å². The fourth-order valence-corrected chi connectivity index (χ4v) is 5.78. The topological polar surface area (TPSA) is 85.8 Å². The number of aromatic nitrogens is 4. The molecule has 1 N–H and O–H groups in total. The summed E-state index contributed by atoms with van der Waals surface area (Å²) in [5.41, 5.74) is 1.76. The van der Waals surface area contributed by atoms with E-state index in [1.165, 1.54) is 34.9 Å². The molecular weight excluding hydrogens is 430 g/mol. The second-order valence-corrected chi connectivity index (χ2v) is 10.9. The Balaban J connectivity index is 1.51. The Hall–Kier alpha value is -2.39. The standard InChI is InChI=1S/C22H27N5O2S2/c1-5-9-27-20(17-12-14-11-15(22(2,3)4)6-7-16(14)31-17)24-25-21(27)30-13-19(28)23-18-8-10-29-26-18/h5,8,10,12,15H,1,6-7,9,11,13H2,2-4H3,(H,23,26,28). The van der Waals surface area contributed by atoms with Crippen molar-refractivity contribution < 1.29 is 9.32 Å². The summed E-state index contributed by atoms with van der Waals surface area (Å²) < 4.78 is 6.76. The van der Waals surface area contributed by atoms with Crippen LogP contribution in [-0.4, -0.2) is 31.6 Å². The van der Waals surface area contributed by atoms with Crippen molar-refractivity contribution in [3.63, 3.8) is 0 Å². The molecule has 4 rings (SSSR count). The monoisotopic (exact) mass is 457 g/mol. The van der Waals surface area contributed by atoms with Gasteiger partial charge < -0.3 is 9.84 Å². The van der Waals surface area contributed by atoms with Crippen LogP contribution >= 0.6 is 23.1 Å². The first-order chi connectivity index (χ1) is 14.8. The molecule has 3 aromatic rings. The normalized spacial score (nSPS) is 16.2. The van der Waals surface area contributed by atoms with Crippen LogP contribution in [0.15, 0.2) is 40.7 Å². The minimum Gasteiger partial charge on any atom is -0.363 e. The van der Waals surface area contributed by atoms with Crippen LogP contribution in [-0.2, 0) is 24.2 Å². The van der Waals surface area contributed by atoms with Gasteiger partial charge >= 0.3 is 0 Å². The quantitative estimate of drug-likeness (QED) is 0.394. The number of thiophene rings is 1. The Bertz CT molecular complexity index is 1060. The average Bonchev–Trinajstić information content (AvgIpc) is 3.45. The molecule has 9 heteroatoms. The van der Waals surface area contributed by atoms with E-state index < -0.39 is 0 Å². The fraction of sp³-hybridized carbons (Fsp3) is 0.455. The number of fused-ring (bicyclic) bond motifs is 1. The van der Waals surface area contributed by atoms with Gasteiger partial charge in [-0.1, -0.05) is 43.8 Å². The van der Waals surface area contributed by atoms with E-state index >= 15 is 0 Å². The van der Waals surface area contributed by atoms with Gasteiger partial charge in [0.2, 0.25) is 5.91 Å². The second kappa shape index (κ2) is 9.00.